The first-order chi connectivity index (χ1) is 9.42. The minimum absolute atomic E-state index is 0.0907. The summed E-state index contributed by atoms with van der Waals surface area (Å²) in [5.41, 5.74) is 1.03. The van der Waals surface area contributed by atoms with Gasteiger partial charge in [0.15, 0.2) is 0 Å². The van der Waals surface area contributed by atoms with Gasteiger partial charge in [-0.05, 0) is 13.8 Å². The second-order valence-corrected chi connectivity index (χ2v) is 4.88. The van der Waals surface area contributed by atoms with Crippen LogP contribution in [0.1, 0.15) is 16.9 Å². The van der Waals surface area contributed by atoms with Crippen LogP contribution in [-0.4, -0.2) is 41.5 Å². The molecule has 0 atom stereocenters. The molecule has 1 fully saturated rings. The lowest BCUT2D eigenvalue weighted by molar-refractivity contribution is -0.148. The van der Waals surface area contributed by atoms with Gasteiger partial charge in [0.1, 0.15) is 17.4 Å². The Morgan fingerprint density at radius 3 is 2.70 bits per heavy atom. The maximum atomic E-state index is 11.8. The monoisotopic (exact) mass is 277 g/mol. The molecule has 1 saturated heterocycles. The van der Waals surface area contributed by atoms with Crippen LogP contribution >= 0.6 is 0 Å². The third kappa shape index (κ3) is 2.65. The van der Waals surface area contributed by atoms with Crippen LogP contribution in [0.25, 0.3) is 0 Å². The summed E-state index contributed by atoms with van der Waals surface area (Å²) in [5, 5.41) is 20.3. The van der Waals surface area contributed by atoms with Crippen molar-refractivity contribution in [2.75, 3.05) is 25.0 Å². The summed E-state index contributed by atoms with van der Waals surface area (Å²) in [4.78, 5) is 24.2. The van der Waals surface area contributed by atoms with E-state index in [0.717, 1.165) is 0 Å². The van der Waals surface area contributed by atoms with Crippen LogP contribution in [0.5, 0.6) is 0 Å². The van der Waals surface area contributed by atoms with Crippen molar-refractivity contribution in [2.45, 2.75) is 13.8 Å². The predicted molar refractivity (Wildman–Crippen MR) is 69.1 cm³/mol. The highest BCUT2D eigenvalue weighted by Crippen LogP contribution is 2.25. The van der Waals surface area contributed by atoms with Crippen LogP contribution in [0.2, 0.25) is 0 Å². The van der Waals surface area contributed by atoms with Crippen molar-refractivity contribution in [3.8, 4) is 6.07 Å². The zero-order chi connectivity index (χ0) is 14.9. The average molecular weight is 277 g/mol. The predicted octanol–water partition coefficient (Wildman–Crippen LogP) is 0.723. The summed E-state index contributed by atoms with van der Waals surface area (Å²) >= 11 is 0. The third-order valence-corrected chi connectivity index (χ3v) is 3.42. The van der Waals surface area contributed by atoms with Gasteiger partial charge < -0.3 is 9.52 Å². The van der Waals surface area contributed by atoms with Gasteiger partial charge in [-0.2, -0.15) is 5.26 Å². The summed E-state index contributed by atoms with van der Waals surface area (Å²) in [6, 6.07) is 1.99. The van der Waals surface area contributed by atoms with Gasteiger partial charge in [0.2, 0.25) is 11.8 Å². The summed E-state index contributed by atoms with van der Waals surface area (Å²) in [6.45, 7) is 4.29. The molecule has 106 valence electrons. The molecule has 20 heavy (non-hydrogen) atoms. The average Bonchev–Trinajstić information content (AvgIpc) is 2.58. The Hall–Kier alpha value is -2.33. The van der Waals surface area contributed by atoms with Crippen molar-refractivity contribution in [2.24, 2.45) is 5.92 Å². The molecule has 0 radical (unpaired) electrons. The fourth-order valence-electron chi connectivity index (χ4n) is 2.07. The maximum absolute atomic E-state index is 11.8. The number of aryl methyl sites for hydroxylation is 1. The molecule has 2 heterocycles. The van der Waals surface area contributed by atoms with E-state index in [2.05, 4.69) is 5.32 Å². The number of furan rings is 1. The Labute approximate surface area is 115 Å². The minimum atomic E-state index is -0.842. The number of rotatable bonds is 4. The lowest BCUT2D eigenvalue weighted by Gasteiger charge is -2.35. The van der Waals surface area contributed by atoms with Crippen LogP contribution < -0.4 is 5.32 Å². The zero-order valence-electron chi connectivity index (χ0n) is 11.3. The number of amides is 1. The van der Waals surface area contributed by atoms with Crippen molar-refractivity contribution >= 4 is 17.8 Å². The third-order valence-electron chi connectivity index (χ3n) is 3.42. The first-order valence-electron chi connectivity index (χ1n) is 6.17. The van der Waals surface area contributed by atoms with E-state index in [1.165, 1.54) is 0 Å². The zero-order valence-corrected chi connectivity index (χ0v) is 11.3. The van der Waals surface area contributed by atoms with Gasteiger partial charge in [-0.15, -0.1) is 0 Å². The number of hydrogen-bond donors (Lipinski definition) is 2. The van der Waals surface area contributed by atoms with Crippen molar-refractivity contribution in [1.29, 1.82) is 5.26 Å². The number of nitrogens with zero attached hydrogens (tertiary/aromatic N) is 2. The molecule has 1 aliphatic rings. The number of nitrogens with one attached hydrogen (secondary N) is 1. The standard InChI is InChI=1S/C13H15N3O4/c1-7-8(2)20-12(10(7)3-14)15-11(17)6-16-4-9(5-16)13(18)19/h9H,4-6H2,1-2H3,(H,15,17)(H,18,19). The van der Waals surface area contributed by atoms with Crippen molar-refractivity contribution in [1.82, 2.24) is 4.90 Å². The van der Waals surface area contributed by atoms with Gasteiger partial charge in [-0.25, -0.2) is 0 Å². The highest BCUT2D eigenvalue weighted by Gasteiger charge is 2.33. The number of carboxylic acids is 1. The molecule has 1 aromatic rings. The molecule has 1 aromatic heterocycles. The fourth-order valence-corrected chi connectivity index (χ4v) is 2.07. The molecular weight excluding hydrogens is 262 g/mol. The van der Waals surface area contributed by atoms with Crippen molar-refractivity contribution in [3.63, 3.8) is 0 Å². The van der Waals surface area contributed by atoms with E-state index in [9.17, 15) is 9.59 Å². The number of nitriles is 1. The minimum Gasteiger partial charge on any atom is -0.481 e. The molecule has 2 rings (SSSR count). The number of likely N-dealkylation sites (tertiary alicyclic amines) is 1. The number of carbonyl (C=O) groups is 2. The smallest absolute Gasteiger partial charge is 0.309 e. The van der Waals surface area contributed by atoms with Crippen LogP contribution in [0, 0.1) is 31.1 Å². The van der Waals surface area contributed by atoms with Crippen LogP contribution in [0.15, 0.2) is 4.42 Å². The van der Waals surface area contributed by atoms with Gasteiger partial charge >= 0.3 is 5.97 Å². The Bertz CT molecular complexity index is 593. The number of carbonyl (C=O) groups excluding carboxylic acids is 1. The Balaban J connectivity index is 1.92. The van der Waals surface area contributed by atoms with Gasteiger partial charge in [0, 0.05) is 18.7 Å². The van der Waals surface area contributed by atoms with Gasteiger partial charge in [-0.1, -0.05) is 0 Å². The largest absolute Gasteiger partial charge is 0.481 e. The molecule has 1 amide bonds. The maximum Gasteiger partial charge on any atom is 0.309 e. The second kappa shape index (κ2) is 5.35. The van der Waals surface area contributed by atoms with Crippen molar-refractivity contribution < 1.29 is 19.1 Å². The summed E-state index contributed by atoms with van der Waals surface area (Å²) in [5.74, 6) is -0.815. The van der Waals surface area contributed by atoms with E-state index < -0.39 is 11.9 Å². The topological polar surface area (TPSA) is 107 Å². The molecular formula is C13H15N3O4. The van der Waals surface area contributed by atoms with E-state index in [1.807, 2.05) is 6.07 Å². The molecule has 1 aliphatic heterocycles. The van der Waals surface area contributed by atoms with E-state index in [-0.39, 0.29) is 18.3 Å². The van der Waals surface area contributed by atoms with Gasteiger partial charge in [0.25, 0.3) is 0 Å². The molecule has 7 nitrogen and oxygen atoms in total. The van der Waals surface area contributed by atoms with E-state index >= 15 is 0 Å². The Kier molecular flexibility index (Phi) is 3.77. The number of aliphatic carboxylic acids is 1. The van der Waals surface area contributed by atoms with Gasteiger partial charge in [-0.3, -0.25) is 19.8 Å². The molecule has 0 spiro atoms. The second-order valence-electron chi connectivity index (χ2n) is 4.88. The summed E-state index contributed by atoms with van der Waals surface area (Å²) in [7, 11) is 0. The molecule has 7 heteroatoms. The fraction of sp³-hybridized carbons (Fsp3) is 0.462. The van der Waals surface area contributed by atoms with Crippen LogP contribution in [0.4, 0.5) is 5.88 Å². The lowest BCUT2D eigenvalue weighted by Crippen LogP contribution is -2.52. The lowest BCUT2D eigenvalue weighted by atomic mass is 10.0. The Morgan fingerprint density at radius 1 is 1.50 bits per heavy atom. The van der Waals surface area contributed by atoms with Crippen LogP contribution in [0.3, 0.4) is 0 Å². The highest BCUT2D eigenvalue weighted by molar-refractivity contribution is 5.92. The van der Waals surface area contributed by atoms with E-state index in [0.29, 0.717) is 30.0 Å². The summed E-state index contributed by atoms with van der Waals surface area (Å²) in [6.07, 6.45) is 0. The molecule has 2 N–H and O–H groups in total. The first kappa shape index (κ1) is 14.1. The SMILES string of the molecule is Cc1oc(NC(=O)CN2CC(C(=O)O)C2)c(C#N)c1C. The van der Waals surface area contributed by atoms with Gasteiger partial charge in [0.05, 0.1) is 12.5 Å². The van der Waals surface area contributed by atoms with E-state index in [4.69, 9.17) is 14.8 Å². The molecule has 0 saturated carbocycles. The molecule has 0 bridgehead atoms. The van der Waals surface area contributed by atoms with E-state index in [1.54, 1.807) is 18.7 Å². The molecule has 0 unspecified atom stereocenters. The van der Waals surface area contributed by atoms with Crippen LogP contribution in [-0.2, 0) is 9.59 Å². The quantitative estimate of drug-likeness (QED) is 0.840. The normalized spacial score (nSPS) is 15.4. The highest BCUT2D eigenvalue weighted by atomic mass is 16.4. The molecule has 0 aliphatic carbocycles. The number of carboxylic acid groups (broad SMARTS) is 1. The summed E-state index contributed by atoms with van der Waals surface area (Å²) < 4.78 is 5.33. The number of anilines is 1. The first-order valence-corrected chi connectivity index (χ1v) is 6.17. The van der Waals surface area contributed by atoms with Crippen molar-refractivity contribution in [3.05, 3.63) is 16.9 Å². The Morgan fingerprint density at radius 2 is 2.15 bits per heavy atom. The molecule has 0 aromatic carbocycles. The number of hydrogen-bond acceptors (Lipinski definition) is 5.